The van der Waals surface area contributed by atoms with Crippen LogP contribution in [0.25, 0.3) is 22.0 Å². The van der Waals surface area contributed by atoms with Crippen LogP contribution in [0.5, 0.6) is 5.75 Å². The molecule has 2 saturated heterocycles. The number of nitrogens with zero attached hydrogens (tertiary/aromatic N) is 4. The van der Waals surface area contributed by atoms with Gasteiger partial charge in [0, 0.05) is 35.6 Å². The molecule has 0 aliphatic carbocycles. The van der Waals surface area contributed by atoms with E-state index in [0.29, 0.717) is 51.7 Å². The van der Waals surface area contributed by atoms with Gasteiger partial charge in [0.05, 0.1) is 59.8 Å². The minimum absolute atomic E-state index is 0.0379. The van der Waals surface area contributed by atoms with Gasteiger partial charge in [-0.2, -0.15) is 4.39 Å². The quantitative estimate of drug-likeness (QED) is 0.166. The second-order valence-electron chi connectivity index (χ2n) is 11.5. The molecule has 7 rings (SSSR count). The van der Waals surface area contributed by atoms with Crippen molar-refractivity contribution in [3.63, 3.8) is 0 Å². The number of rotatable bonds is 9. The predicted octanol–water partition coefficient (Wildman–Crippen LogP) is 6.64. The third kappa shape index (κ3) is 5.99. The first kappa shape index (κ1) is 29.6. The molecule has 0 N–H and O–H groups in total. The van der Waals surface area contributed by atoms with E-state index in [1.165, 1.54) is 25.4 Å². The maximum atomic E-state index is 14.3. The van der Waals surface area contributed by atoms with Gasteiger partial charge in [-0.3, -0.25) is 9.88 Å². The number of fused-ring (bicyclic) bond motifs is 2. The number of pyridine rings is 1. The van der Waals surface area contributed by atoms with Gasteiger partial charge in [0.15, 0.2) is 0 Å². The normalized spacial score (nSPS) is 17.6. The molecule has 0 saturated carbocycles. The Balaban J connectivity index is 1.06. The number of hydrogen-bond acceptors (Lipinski definition) is 8. The maximum absolute atomic E-state index is 14.3. The first-order valence-corrected chi connectivity index (χ1v) is 15.3. The Morgan fingerprint density at radius 3 is 2.69 bits per heavy atom. The molecule has 0 amide bonds. The van der Waals surface area contributed by atoms with Gasteiger partial charge < -0.3 is 23.2 Å². The van der Waals surface area contributed by atoms with Crippen molar-refractivity contribution in [1.82, 2.24) is 19.4 Å². The number of carbonyl (C=O) groups excluding carboxylic acids is 1. The van der Waals surface area contributed by atoms with Crippen LogP contribution in [0.1, 0.15) is 52.6 Å². The lowest BCUT2D eigenvalue weighted by Gasteiger charge is -2.32. The van der Waals surface area contributed by atoms with E-state index in [2.05, 4.69) is 14.5 Å². The number of piperidine rings is 1. The molecule has 3 aromatic heterocycles. The molecule has 2 aromatic carbocycles. The molecule has 12 heteroatoms. The van der Waals surface area contributed by atoms with Crippen LogP contribution < -0.4 is 4.74 Å². The van der Waals surface area contributed by atoms with Crippen molar-refractivity contribution in [3.8, 4) is 5.75 Å². The summed E-state index contributed by atoms with van der Waals surface area (Å²) in [5, 5.41) is 0.831. The number of ether oxygens (including phenoxy) is 3. The number of likely N-dealkylation sites (tertiary alicyclic amines) is 1. The second kappa shape index (κ2) is 12.4. The Kier molecular flexibility index (Phi) is 8.15. The van der Waals surface area contributed by atoms with Gasteiger partial charge in [-0.25, -0.2) is 14.2 Å². The Morgan fingerprint density at radius 1 is 1.11 bits per heavy atom. The highest BCUT2D eigenvalue weighted by Gasteiger charge is 2.28. The van der Waals surface area contributed by atoms with Crippen LogP contribution in [0.4, 0.5) is 8.78 Å². The highest BCUT2D eigenvalue weighted by molar-refractivity contribution is 6.35. The second-order valence-corrected chi connectivity index (χ2v) is 11.9. The average molecular weight is 637 g/mol. The van der Waals surface area contributed by atoms with Gasteiger partial charge in [0.25, 0.3) is 6.01 Å². The molecular weight excluding hydrogens is 606 g/mol. The molecule has 0 bridgehead atoms. The standard InChI is InChI=1S/C33H31ClF2N4O5/c1-42-33(41)20-3-5-26-27(12-20)40(16-23-8-11-43-23)30(38-26)17-39-9-6-19(7-10-39)31-28(13-22(35)15-37-31)44-18-21-2-4-25(34)24-14-29(36)45-32(21)24/h2-5,12-15,19,23H,6-11,16-18H2,1H3/t23-/m0/s1. The SMILES string of the molecule is COC(=O)c1ccc2nc(CN3CCC(c4ncc(F)cc4OCc4ccc(Cl)c5cc(F)oc45)CC3)n(C[C@@H]3CCO3)c2c1. The lowest BCUT2D eigenvalue weighted by atomic mass is 9.92. The van der Waals surface area contributed by atoms with E-state index in [4.69, 9.17) is 35.2 Å². The Hall–Kier alpha value is -4.06. The van der Waals surface area contributed by atoms with Crippen molar-refractivity contribution in [1.29, 1.82) is 0 Å². The van der Waals surface area contributed by atoms with Gasteiger partial charge >= 0.3 is 5.97 Å². The predicted molar refractivity (Wildman–Crippen MR) is 162 cm³/mol. The lowest BCUT2D eigenvalue weighted by Crippen LogP contribution is -2.35. The van der Waals surface area contributed by atoms with Crippen molar-refractivity contribution in [2.45, 2.75) is 51.0 Å². The number of aromatic nitrogens is 3. The highest BCUT2D eigenvalue weighted by Crippen LogP contribution is 2.35. The number of benzene rings is 2. The fourth-order valence-corrected chi connectivity index (χ4v) is 6.38. The molecule has 5 heterocycles. The zero-order chi connectivity index (χ0) is 31.1. The van der Waals surface area contributed by atoms with Gasteiger partial charge in [0.2, 0.25) is 0 Å². The Bertz CT molecular complexity index is 1880. The number of imidazole rings is 1. The van der Waals surface area contributed by atoms with Crippen molar-refractivity contribution in [3.05, 3.63) is 88.2 Å². The third-order valence-corrected chi connectivity index (χ3v) is 9.01. The molecule has 234 valence electrons. The molecule has 45 heavy (non-hydrogen) atoms. The number of furan rings is 1. The Labute approximate surface area is 262 Å². The van der Waals surface area contributed by atoms with Gasteiger partial charge in [0.1, 0.15) is 29.6 Å². The smallest absolute Gasteiger partial charge is 0.337 e. The number of hydrogen-bond donors (Lipinski definition) is 0. The fraction of sp³-hybridized carbons (Fsp3) is 0.364. The minimum Gasteiger partial charge on any atom is -0.487 e. The van der Waals surface area contributed by atoms with Crippen molar-refractivity contribution in [2.24, 2.45) is 0 Å². The Morgan fingerprint density at radius 2 is 1.93 bits per heavy atom. The van der Waals surface area contributed by atoms with Crippen LogP contribution in [-0.4, -0.2) is 58.3 Å². The summed E-state index contributed by atoms with van der Waals surface area (Å²) in [7, 11) is 1.37. The van der Waals surface area contributed by atoms with Gasteiger partial charge in [-0.1, -0.05) is 17.7 Å². The summed E-state index contributed by atoms with van der Waals surface area (Å²) < 4.78 is 52.2. The van der Waals surface area contributed by atoms with Crippen LogP contribution in [0.3, 0.4) is 0 Å². The number of halogens is 3. The van der Waals surface area contributed by atoms with E-state index in [-0.39, 0.29) is 24.6 Å². The molecular formula is C33H31ClF2N4O5. The topological polar surface area (TPSA) is 91.9 Å². The molecule has 0 spiro atoms. The molecule has 2 aliphatic heterocycles. The van der Waals surface area contributed by atoms with E-state index in [1.54, 1.807) is 18.2 Å². The van der Waals surface area contributed by atoms with Crippen LogP contribution in [0.2, 0.25) is 5.02 Å². The third-order valence-electron chi connectivity index (χ3n) is 8.68. The summed E-state index contributed by atoms with van der Waals surface area (Å²) in [5.41, 5.74) is 3.77. The molecule has 0 unspecified atom stereocenters. The summed E-state index contributed by atoms with van der Waals surface area (Å²) in [6, 6.07) is 10.6. The summed E-state index contributed by atoms with van der Waals surface area (Å²) in [4.78, 5) is 23.9. The summed E-state index contributed by atoms with van der Waals surface area (Å²) in [6.45, 7) is 3.65. The fourth-order valence-electron chi connectivity index (χ4n) is 6.18. The largest absolute Gasteiger partial charge is 0.487 e. The first-order chi connectivity index (χ1) is 21.9. The van der Waals surface area contributed by atoms with E-state index in [0.717, 1.165) is 55.8 Å². The molecule has 5 aromatic rings. The zero-order valence-electron chi connectivity index (χ0n) is 24.6. The van der Waals surface area contributed by atoms with E-state index < -0.39 is 11.8 Å². The van der Waals surface area contributed by atoms with E-state index in [1.807, 2.05) is 12.1 Å². The molecule has 9 nitrogen and oxygen atoms in total. The van der Waals surface area contributed by atoms with Crippen LogP contribution in [-0.2, 0) is 29.2 Å². The van der Waals surface area contributed by atoms with Gasteiger partial charge in [-0.15, -0.1) is 0 Å². The van der Waals surface area contributed by atoms with E-state index >= 15 is 0 Å². The van der Waals surface area contributed by atoms with Crippen LogP contribution in [0.15, 0.2) is 53.1 Å². The molecule has 2 aliphatic rings. The van der Waals surface area contributed by atoms with E-state index in [9.17, 15) is 13.6 Å². The molecule has 2 fully saturated rings. The first-order valence-electron chi connectivity index (χ1n) is 14.9. The average Bonchev–Trinajstić information content (AvgIpc) is 3.58. The number of carbonyl (C=O) groups is 1. The van der Waals surface area contributed by atoms with Crippen LogP contribution >= 0.6 is 11.6 Å². The van der Waals surface area contributed by atoms with Gasteiger partial charge in [-0.05, 0) is 56.6 Å². The molecule has 1 atom stereocenters. The van der Waals surface area contributed by atoms with Crippen molar-refractivity contribution in [2.75, 3.05) is 26.8 Å². The van der Waals surface area contributed by atoms with Crippen molar-refractivity contribution >= 4 is 39.6 Å². The van der Waals surface area contributed by atoms with Crippen LogP contribution in [0, 0.1) is 11.8 Å². The lowest BCUT2D eigenvalue weighted by molar-refractivity contribution is -0.0592. The molecule has 0 radical (unpaired) electrons. The van der Waals surface area contributed by atoms with Crippen molar-refractivity contribution < 1.29 is 32.2 Å². The summed E-state index contributed by atoms with van der Waals surface area (Å²) in [6.07, 6.45) is 3.90. The summed E-state index contributed by atoms with van der Waals surface area (Å²) in [5.74, 6) is 0.442. The highest BCUT2D eigenvalue weighted by atomic mass is 35.5. The monoisotopic (exact) mass is 636 g/mol. The number of esters is 1. The number of methoxy groups -OCH3 is 1. The minimum atomic E-state index is -0.739. The maximum Gasteiger partial charge on any atom is 0.337 e. The zero-order valence-corrected chi connectivity index (χ0v) is 25.4. The summed E-state index contributed by atoms with van der Waals surface area (Å²) >= 11 is 6.19.